The molecule has 3 rings (SSSR count). The second-order valence-electron chi connectivity index (χ2n) is 5.65. The lowest BCUT2D eigenvalue weighted by molar-refractivity contribution is 0.0865. The molecule has 2 aliphatic rings. The minimum absolute atomic E-state index is 0.160. The van der Waals surface area contributed by atoms with Gasteiger partial charge in [0, 0.05) is 5.92 Å². The number of ether oxygens (including phenoxy) is 2. The Morgan fingerprint density at radius 1 is 1.11 bits per heavy atom. The fraction of sp³-hybridized carbons (Fsp3) is 0.562. The highest BCUT2D eigenvalue weighted by Crippen LogP contribution is 2.37. The van der Waals surface area contributed by atoms with Crippen LogP contribution in [0.1, 0.15) is 43.0 Å². The Labute approximate surface area is 113 Å². The summed E-state index contributed by atoms with van der Waals surface area (Å²) in [7, 11) is 0. The van der Waals surface area contributed by atoms with Gasteiger partial charge in [0.25, 0.3) is 0 Å². The molecule has 3 nitrogen and oxygen atoms in total. The molecule has 0 amide bonds. The average Bonchev–Trinajstić information content (AvgIpc) is 2.47. The Balaban J connectivity index is 1.83. The molecule has 1 aliphatic heterocycles. The maximum Gasteiger partial charge on any atom is 0.172 e. The van der Waals surface area contributed by atoms with Crippen molar-refractivity contribution in [3.05, 3.63) is 23.8 Å². The molecule has 0 N–H and O–H groups in total. The van der Waals surface area contributed by atoms with E-state index in [0.717, 1.165) is 31.6 Å². The molecule has 0 radical (unpaired) electrons. The standard InChI is InChI=1S/C16H20O3/c1-11-5-7-12(8-6-11)15(17)13-3-2-4-14-16(13)19-10-9-18-14/h2-4,11-12H,5-10H2,1H3. The van der Waals surface area contributed by atoms with Crippen LogP contribution >= 0.6 is 0 Å². The number of ketones is 1. The van der Waals surface area contributed by atoms with Gasteiger partial charge in [0.2, 0.25) is 0 Å². The van der Waals surface area contributed by atoms with Gasteiger partial charge in [0.1, 0.15) is 13.2 Å². The highest BCUT2D eigenvalue weighted by molar-refractivity contribution is 6.01. The molecule has 0 aromatic heterocycles. The summed E-state index contributed by atoms with van der Waals surface area (Å²) in [6.45, 7) is 3.35. The predicted molar refractivity (Wildman–Crippen MR) is 72.9 cm³/mol. The van der Waals surface area contributed by atoms with Crippen LogP contribution in [-0.4, -0.2) is 19.0 Å². The molecule has 0 unspecified atom stereocenters. The number of rotatable bonds is 2. The molecule has 1 heterocycles. The summed E-state index contributed by atoms with van der Waals surface area (Å²) in [6, 6.07) is 5.62. The zero-order chi connectivity index (χ0) is 13.2. The van der Waals surface area contributed by atoms with Crippen molar-refractivity contribution < 1.29 is 14.3 Å². The Hall–Kier alpha value is -1.51. The predicted octanol–water partition coefficient (Wildman–Crippen LogP) is 3.47. The van der Waals surface area contributed by atoms with Gasteiger partial charge < -0.3 is 9.47 Å². The quantitative estimate of drug-likeness (QED) is 0.764. The van der Waals surface area contributed by atoms with Crippen molar-refractivity contribution in [3.8, 4) is 11.5 Å². The first-order valence-electron chi connectivity index (χ1n) is 7.18. The van der Waals surface area contributed by atoms with E-state index in [1.807, 2.05) is 18.2 Å². The summed E-state index contributed by atoms with van der Waals surface area (Å²) in [5, 5.41) is 0. The highest BCUT2D eigenvalue weighted by Gasteiger charge is 2.29. The monoisotopic (exact) mass is 260 g/mol. The summed E-state index contributed by atoms with van der Waals surface area (Å²) in [6.07, 6.45) is 4.32. The van der Waals surface area contributed by atoms with Crippen LogP contribution in [0.15, 0.2) is 18.2 Å². The maximum atomic E-state index is 12.6. The number of carbonyl (C=O) groups is 1. The van der Waals surface area contributed by atoms with Gasteiger partial charge in [-0.15, -0.1) is 0 Å². The topological polar surface area (TPSA) is 35.5 Å². The molecule has 3 heteroatoms. The Kier molecular flexibility index (Phi) is 3.45. The number of fused-ring (bicyclic) bond motifs is 1. The maximum absolute atomic E-state index is 12.6. The molecule has 102 valence electrons. The molecular formula is C16H20O3. The van der Waals surface area contributed by atoms with Crippen molar-refractivity contribution in [1.82, 2.24) is 0 Å². The number of hydrogen-bond acceptors (Lipinski definition) is 3. The number of Topliss-reactive ketones (excluding diaryl/α,β-unsaturated/α-hetero) is 1. The van der Waals surface area contributed by atoms with Crippen LogP contribution in [0.3, 0.4) is 0 Å². The summed E-state index contributed by atoms with van der Waals surface area (Å²) in [5.41, 5.74) is 0.705. The minimum Gasteiger partial charge on any atom is -0.486 e. The molecular weight excluding hydrogens is 240 g/mol. The van der Waals surface area contributed by atoms with Crippen LogP contribution < -0.4 is 9.47 Å². The van der Waals surface area contributed by atoms with Gasteiger partial charge in [-0.2, -0.15) is 0 Å². The number of carbonyl (C=O) groups excluding carboxylic acids is 1. The van der Waals surface area contributed by atoms with Crippen LogP contribution in [0.2, 0.25) is 0 Å². The second-order valence-corrected chi connectivity index (χ2v) is 5.65. The van der Waals surface area contributed by atoms with Gasteiger partial charge in [-0.1, -0.05) is 25.8 Å². The largest absolute Gasteiger partial charge is 0.486 e. The molecule has 0 spiro atoms. The molecule has 0 saturated heterocycles. The van der Waals surface area contributed by atoms with E-state index in [1.165, 1.54) is 0 Å². The van der Waals surface area contributed by atoms with Gasteiger partial charge in [0.05, 0.1) is 5.56 Å². The van der Waals surface area contributed by atoms with E-state index in [4.69, 9.17) is 9.47 Å². The molecule has 1 aromatic carbocycles. The second kappa shape index (κ2) is 5.24. The third kappa shape index (κ3) is 2.46. The van der Waals surface area contributed by atoms with E-state index in [9.17, 15) is 4.79 Å². The smallest absolute Gasteiger partial charge is 0.172 e. The third-order valence-corrected chi connectivity index (χ3v) is 4.22. The Bertz CT molecular complexity index is 473. The van der Waals surface area contributed by atoms with Crippen molar-refractivity contribution in [2.75, 3.05) is 13.2 Å². The molecule has 1 aliphatic carbocycles. The van der Waals surface area contributed by atoms with E-state index in [1.54, 1.807) is 0 Å². The molecule has 19 heavy (non-hydrogen) atoms. The fourth-order valence-electron chi connectivity index (χ4n) is 3.01. The average molecular weight is 260 g/mol. The van der Waals surface area contributed by atoms with E-state index in [2.05, 4.69) is 6.92 Å². The number of para-hydroxylation sites is 1. The zero-order valence-electron chi connectivity index (χ0n) is 11.4. The number of hydrogen-bond donors (Lipinski definition) is 0. The van der Waals surface area contributed by atoms with Crippen molar-refractivity contribution in [2.24, 2.45) is 11.8 Å². The van der Waals surface area contributed by atoms with Crippen LogP contribution in [0.25, 0.3) is 0 Å². The number of benzene rings is 1. The Morgan fingerprint density at radius 3 is 2.63 bits per heavy atom. The van der Waals surface area contributed by atoms with Crippen LogP contribution in [0.4, 0.5) is 0 Å². The molecule has 0 atom stereocenters. The lowest BCUT2D eigenvalue weighted by Gasteiger charge is -2.27. The van der Waals surface area contributed by atoms with Gasteiger partial charge in [-0.25, -0.2) is 0 Å². The van der Waals surface area contributed by atoms with Crippen LogP contribution in [0, 0.1) is 11.8 Å². The van der Waals surface area contributed by atoms with Crippen molar-refractivity contribution in [3.63, 3.8) is 0 Å². The van der Waals surface area contributed by atoms with Gasteiger partial charge in [-0.3, -0.25) is 4.79 Å². The minimum atomic E-state index is 0.160. The van der Waals surface area contributed by atoms with E-state index in [-0.39, 0.29) is 11.7 Å². The molecule has 0 bridgehead atoms. The summed E-state index contributed by atoms with van der Waals surface area (Å²) in [5.74, 6) is 2.51. The van der Waals surface area contributed by atoms with Gasteiger partial charge in [0.15, 0.2) is 17.3 Å². The normalized spacial score (nSPS) is 25.9. The first kappa shape index (κ1) is 12.5. The van der Waals surface area contributed by atoms with E-state index >= 15 is 0 Å². The van der Waals surface area contributed by atoms with Crippen molar-refractivity contribution in [2.45, 2.75) is 32.6 Å². The molecule has 1 saturated carbocycles. The Morgan fingerprint density at radius 2 is 1.84 bits per heavy atom. The van der Waals surface area contributed by atoms with Crippen molar-refractivity contribution >= 4 is 5.78 Å². The summed E-state index contributed by atoms with van der Waals surface area (Å²) in [4.78, 5) is 12.6. The lowest BCUT2D eigenvalue weighted by Crippen LogP contribution is -2.23. The fourth-order valence-corrected chi connectivity index (χ4v) is 3.01. The lowest BCUT2D eigenvalue weighted by atomic mass is 9.79. The highest BCUT2D eigenvalue weighted by atomic mass is 16.6. The SMILES string of the molecule is CC1CCC(C(=O)c2cccc3c2OCCO3)CC1. The van der Waals surface area contributed by atoms with Gasteiger partial charge in [-0.05, 0) is 30.9 Å². The third-order valence-electron chi connectivity index (χ3n) is 4.22. The molecule has 1 fully saturated rings. The molecule has 1 aromatic rings. The summed E-state index contributed by atoms with van der Waals surface area (Å²) >= 11 is 0. The van der Waals surface area contributed by atoms with E-state index in [0.29, 0.717) is 30.3 Å². The van der Waals surface area contributed by atoms with E-state index < -0.39 is 0 Å². The zero-order valence-corrected chi connectivity index (χ0v) is 11.4. The first-order chi connectivity index (χ1) is 9.25. The van der Waals surface area contributed by atoms with Crippen LogP contribution in [-0.2, 0) is 0 Å². The first-order valence-corrected chi connectivity index (χ1v) is 7.18. The van der Waals surface area contributed by atoms with Gasteiger partial charge >= 0.3 is 0 Å². The van der Waals surface area contributed by atoms with Crippen molar-refractivity contribution in [1.29, 1.82) is 0 Å². The van der Waals surface area contributed by atoms with Crippen LogP contribution in [0.5, 0.6) is 11.5 Å². The summed E-state index contributed by atoms with van der Waals surface area (Å²) < 4.78 is 11.2.